The summed E-state index contributed by atoms with van der Waals surface area (Å²) in [5, 5.41) is 2.92. The molecule has 0 radical (unpaired) electrons. The number of hydrogen-bond donors (Lipinski definition) is 1. The van der Waals surface area contributed by atoms with Gasteiger partial charge in [0.1, 0.15) is 11.5 Å². The van der Waals surface area contributed by atoms with E-state index in [9.17, 15) is 4.79 Å². The van der Waals surface area contributed by atoms with E-state index < -0.39 is 6.10 Å². The number of anilines is 1. The van der Waals surface area contributed by atoms with Crippen LogP contribution in [0.15, 0.2) is 36.4 Å². The smallest absolute Gasteiger partial charge is 0.265 e. The fraction of sp³-hybridized carbons (Fsp3) is 0.350. The minimum atomic E-state index is -0.559. The monoisotopic (exact) mass is 327 g/mol. The number of amides is 1. The van der Waals surface area contributed by atoms with Crippen LogP contribution in [0.1, 0.15) is 30.0 Å². The maximum atomic E-state index is 12.6. The Morgan fingerprint density at radius 3 is 2.25 bits per heavy atom. The number of methoxy groups -OCH3 is 1. The number of hydrogen-bond acceptors (Lipinski definition) is 3. The predicted octanol–water partition coefficient (Wildman–Crippen LogP) is 4.42. The first kappa shape index (κ1) is 17.9. The second kappa shape index (κ2) is 7.86. The van der Waals surface area contributed by atoms with Crippen molar-refractivity contribution >= 4 is 11.6 Å². The van der Waals surface area contributed by atoms with Crippen molar-refractivity contribution in [3.05, 3.63) is 53.1 Å². The number of carbonyl (C=O) groups excluding carboxylic acids is 1. The number of nitrogens with one attached hydrogen (secondary N) is 1. The second-order valence-electron chi connectivity index (χ2n) is 5.98. The zero-order chi connectivity index (χ0) is 17.7. The van der Waals surface area contributed by atoms with Gasteiger partial charge in [0.05, 0.1) is 12.8 Å². The van der Waals surface area contributed by atoms with Crippen LogP contribution in [0, 0.1) is 20.8 Å². The Morgan fingerprint density at radius 2 is 1.67 bits per heavy atom. The minimum absolute atomic E-state index is 0.179. The third-order valence-corrected chi connectivity index (χ3v) is 3.88. The van der Waals surface area contributed by atoms with Gasteiger partial charge in [-0.15, -0.1) is 0 Å². The molecule has 0 bridgehead atoms. The van der Waals surface area contributed by atoms with Crippen molar-refractivity contribution in [2.45, 2.75) is 40.2 Å². The van der Waals surface area contributed by atoms with Gasteiger partial charge in [-0.25, -0.2) is 0 Å². The SMILES string of the molecule is CC[C@@H](Oc1ccc(C)cc1C)C(=O)Nc1cc(C)ccc1OC. The lowest BCUT2D eigenvalue weighted by atomic mass is 10.1. The minimum Gasteiger partial charge on any atom is -0.495 e. The molecule has 1 atom stereocenters. The molecule has 4 nitrogen and oxygen atoms in total. The van der Waals surface area contributed by atoms with Crippen molar-refractivity contribution < 1.29 is 14.3 Å². The van der Waals surface area contributed by atoms with E-state index in [0.29, 0.717) is 17.9 Å². The summed E-state index contributed by atoms with van der Waals surface area (Å²) in [4.78, 5) is 12.6. The average molecular weight is 327 g/mol. The lowest BCUT2D eigenvalue weighted by molar-refractivity contribution is -0.122. The van der Waals surface area contributed by atoms with E-state index in [1.807, 2.05) is 64.1 Å². The molecule has 0 fully saturated rings. The van der Waals surface area contributed by atoms with Crippen LogP contribution in [0.5, 0.6) is 11.5 Å². The molecule has 2 rings (SSSR count). The summed E-state index contributed by atoms with van der Waals surface area (Å²) in [7, 11) is 1.59. The molecule has 0 saturated carbocycles. The van der Waals surface area contributed by atoms with Gasteiger partial charge >= 0.3 is 0 Å². The fourth-order valence-corrected chi connectivity index (χ4v) is 2.54. The topological polar surface area (TPSA) is 47.6 Å². The van der Waals surface area contributed by atoms with E-state index in [0.717, 1.165) is 16.9 Å². The van der Waals surface area contributed by atoms with Crippen LogP contribution < -0.4 is 14.8 Å². The van der Waals surface area contributed by atoms with Crippen molar-refractivity contribution in [3.8, 4) is 11.5 Å². The van der Waals surface area contributed by atoms with Crippen LogP contribution >= 0.6 is 0 Å². The molecule has 4 heteroatoms. The molecule has 0 heterocycles. The summed E-state index contributed by atoms with van der Waals surface area (Å²) in [5.74, 6) is 1.19. The summed E-state index contributed by atoms with van der Waals surface area (Å²) in [6, 6.07) is 11.6. The predicted molar refractivity (Wildman–Crippen MR) is 97.0 cm³/mol. The standard InChI is InChI=1S/C20H25NO3/c1-6-17(24-18-9-7-13(2)11-15(18)4)20(22)21-16-12-14(3)8-10-19(16)23-5/h7-12,17H,6H2,1-5H3,(H,21,22)/t17-/m1/s1. The van der Waals surface area contributed by atoms with Crippen LogP contribution in [0.2, 0.25) is 0 Å². The van der Waals surface area contributed by atoms with Crippen LogP contribution in [0.4, 0.5) is 5.69 Å². The van der Waals surface area contributed by atoms with Gasteiger partial charge in [-0.3, -0.25) is 4.79 Å². The highest BCUT2D eigenvalue weighted by atomic mass is 16.5. The molecule has 1 amide bonds. The highest BCUT2D eigenvalue weighted by Gasteiger charge is 2.20. The Hall–Kier alpha value is -2.49. The third-order valence-electron chi connectivity index (χ3n) is 3.88. The molecular weight excluding hydrogens is 302 g/mol. The van der Waals surface area contributed by atoms with E-state index in [-0.39, 0.29) is 5.91 Å². The van der Waals surface area contributed by atoms with Crippen molar-refractivity contribution in [1.29, 1.82) is 0 Å². The molecule has 128 valence electrons. The van der Waals surface area contributed by atoms with Crippen molar-refractivity contribution in [3.63, 3.8) is 0 Å². The molecule has 2 aromatic carbocycles. The number of carbonyl (C=O) groups is 1. The van der Waals surface area contributed by atoms with Crippen molar-refractivity contribution in [2.75, 3.05) is 12.4 Å². The summed E-state index contributed by atoms with van der Waals surface area (Å²) < 4.78 is 11.2. The molecule has 24 heavy (non-hydrogen) atoms. The first-order valence-electron chi connectivity index (χ1n) is 8.14. The number of benzene rings is 2. The Kier molecular flexibility index (Phi) is 5.85. The normalized spacial score (nSPS) is 11.7. The Morgan fingerprint density at radius 1 is 1.04 bits per heavy atom. The van der Waals surface area contributed by atoms with E-state index in [1.165, 1.54) is 5.56 Å². The van der Waals surface area contributed by atoms with Gasteiger partial charge in [-0.05, 0) is 56.5 Å². The number of aryl methyl sites for hydroxylation is 3. The first-order valence-corrected chi connectivity index (χ1v) is 8.14. The van der Waals surface area contributed by atoms with E-state index in [1.54, 1.807) is 7.11 Å². The van der Waals surface area contributed by atoms with Gasteiger partial charge in [0.15, 0.2) is 6.10 Å². The molecule has 0 spiro atoms. The Balaban J connectivity index is 2.16. The molecule has 1 N–H and O–H groups in total. The number of rotatable bonds is 6. The van der Waals surface area contributed by atoms with Crippen LogP contribution in [0.3, 0.4) is 0 Å². The first-order chi connectivity index (χ1) is 11.4. The molecule has 0 aliphatic heterocycles. The van der Waals surface area contributed by atoms with Gasteiger partial charge < -0.3 is 14.8 Å². The molecule has 0 aliphatic carbocycles. The second-order valence-corrected chi connectivity index (χ2v) is 5.98. The lowest BCUT2D eigenvalue weighted by Crippen LogP contribution is -2.32. The highest BCUT2D eigenvalue weighted by Crippen LogP contribution is 2.26. The fourth-order valence-electron chi connectivity index (χ4n) is 2.54. The molecule has 0 aromatic heterocycles. The number of ether oxygens (including phenoxy) is 2. The summed E-state index contributed by atoms with van der Waals surface area (Å²) in [5.41, 5.74) is 3.90. The zero-order valence-electron chi connectivity index (χ0n) is 15.0. The third kappa shape index (κ3) is 4.28. The molecular formula is C20H25NO3. The molecule has 2 aromatic rings. The van der Waals surface area contributed by atoms with Gasteiger partial charge in [0, 0.05) is 0 Å². The van der Waals surface area contributed by atoms with Crippen LogP contribution in [-0.2, 0) is 4.79 Å². The Bertz CT molecular complexity index is 725. The van der Waals surface area contributed by atoms with E-state index in [2.05, 4.69) is 5.32 Å². The molecule has 0 unspecified atom stereocenters. The molecule has 0 aliphatic rings. The van der Waals surface area contributed by atoms with E-state index >= 15 is 0 Å². The van der Waals surface area contributed by atoms with Gasteiger partial charge in [0.2, 0.25) is 0 Å². The largest absolute Gasteiger partial charge is 0.495 e. The van der Waals surface area contributed by atoms with Crippen molar-refractivity contribution in [2.24, 2.45) is 0 Å². The lowest BCUT2D eigenvalue weighted by Gasteiger charge is -2.20. The summed E-state index contributed by atoms with van der Waals surface area (Å²) in [6.45, 7) is 7.92. The van der Waals surface area contributed by atoms with Gasteiger partial charge in [-0.2, -0.15) is 0 Å². The summed E-state index contributed by atoms with van der Waals surface area (Å²) >= 11 is 0. The molecule has 0 saturated heterocycles. The maximum absolute atomic E-state index is 12.6. The van der Waals surface area contributed by atoms with Gasteiger partial charge in [-0.1, -0.05) is 30.7 Å². The average Bonchev–Trinajstić information content (AvgIpc) is 2.54. The van der Waals surface area contributed by atoms with Crippen molar-refractivity contribution in [1.82, 2.24) is 0 Å². The quantitative estimate of drug-likeness (QED) is 0.854. The Labute approximate surface area is 143 Å². The highest BCUT2D eigenvalue weighted by molar-refractivity contribution is 5.95. The van der Waals surface area contributed by atoms with E-state index in [4.69, 9.17) is 9.47 Å². The van der Waals surface area contributed by atoms with Gasteiger partial charge in [0.25, 0.3) is 5.91 Å². The zero-order valence-corrected chi connectivity index (χ0v) is 15.0. The summed E-state index contributed by atoms with van der Waals surface area (Å²) in [6.07, 6.45) is 0.0180. The van der Waals surface area contributed by atoms with Crippen LogP contribution in [-0.4, -0.2) is 19.1 Å². The van der Waals surface area contributed by atoms with Crippen LogP contribution in [0.25, 0.3) is 0 Å². The maximum Gasteiger partial charge on any atom is 0.265 e.